The van der Waals surface area contributed by atoms with Gasteiger partial charge in [-0.1, -0.05) is 6.07 Å². The van der Waals surface area contributed by atoms with Crippen LogP contribution in [0.25, 0.3) is 0 Å². The molecule has 2 aromatic rings. The van der Waals surface area contributed by atoms with E-state index in [2.05, 4.69) is 10.3 Å². The molecule has 0 aliphatic heterocycles. The molecule has 0 saturated heterocycles. The van der Waals surface area contributed by atoms with Crippen molar-refractivity contribution in [3.05, 3.63) is 49.3 Å². The van der Waals surface area contributed by atoms with Gasteiger partial charge in [0, 0.05) is 18.0 Å². The van der Waals surface area contributed by atoms with Gasteiger partial charge >= 0.3 is 5.69 Å². The Morgan fingerprint density at radius 1 is 1.50 bits per heavy atom. The second-order valence-corrected chi connectivity index (χ2v) is 4.35. The van der Waals surface area contributed by atoms with Crippen molar-refractivity contribution in [3.8, 4) is 0 Å². The van der Waals surface area contributed by atoms with Crippen LogP contribution >= 0.6 is 11.3 Å². The van der Waals surface area contributed by atoms with Crippen LogP contribution in [0, 0.1) is 0 Å². The summed E-state index contributed by atoms with van der Waals surface area (Å²) in [4.78, 5) is 26.3. The minimum Gasteiger partial charge on any atom is -0.366 e. The molecule has 0 unspecified atom stereocenters. The predicted molar refractivity (Wildman–Crippen MR) is 63.9 cm³/mol. The lowest BCUT2D eigenvalue weighted by Gasteiger charge is -2.04. The first-order chi connectivity index (χ1) is 7.66. The number of rotatable bonds is 3. The van der Waals surface area contributed by atoms with Crippen molar-refractivity contribution in [1.29, 1.82) is 0 Å². The smallest absolute Gasteiger partial charge is 0.329 e. The van der Waals surface area contributed by atoms with E-state index in [1.54, 1.807) is 11.3 Å². The van der Waals surface area contributed by atoms with Gasteiger partial charge in [0.1, 0.15) is 5.82 Å². The fourth-order valence-corrected chi connectivity index (χ4v) is 1.89. The molecule has 0 aromatic carbocycles. The standard InChI is InChI=1S/C10H11N3O2S/c1-13-9(14)5-8(12-10(13)15)11-6-7-3-2-4-16-7/h2-5,11H,6H2,1H3,(H,12,15). The summed E-state index contributed by atoms with van der Waals surface area (Å²) in [6.45, 7) is 0.598. The van der Waals surface area contributed by atoms with Crippen LogP contribution in [0.5, 0.6) is 0 Å². The molecule has 2 heterocycles. The summed E-state index contributed by atoms with van der Waals surface area (Å²) in [6.07, 6.45) is 0. The summed E-state index contributed by atoms with van der Waals surface area (Å²) in [5.41, 5.74) is -0.737. The highest BCUT2D eigenvalue weighted by atomic mass is 32.1. The van der Waals surface area contributed by atoms with E-state index in [0.717, 1.165) is 9.44 Å². The van der Waals surface area contributed by atoms with Crippen molar-refractivity contribution in [2.24, 2.45) is 7.05 Å². The Labute approximate surface area is 95.4 Å². The van der Waals surface area contributed by atoms with Gasteiger partial charge in [0.15, 0.2) is 0 Å². The molecule has 2 N–H and O–H groups in total. The molecule has 0 amide bonds. The first kappa shape index (κ1) is 10.7. The van der Waals surface area contributed by atoms with E-state index in [-0.39, 0.29) is 5.56 Å². The SMILES string of the molecule is Cn1c(=O)cc(NCc2cccs2)[nH]c1=O. The van der Waals surface area contributed by atoms with Crippen LogP contribution in [0.1, 0.15) is 4.88 Å². The Morgan fingerprint density at radius 3 is 2.94 bits per heavy atom. The second-order valence-electron chi connectivity index (χ2n) is 3.32. The van der Waals surface area contributed by atoms with E-state index in [1.807, 2.05) is 17.5 Å². The molecular weight excluding hydrogens is 226 g/mol. The van der Waals surface area contributed by atoms with Crippen molar-refractivity contribution in [2.75, 3.05) is 5.32 Å². The normalized spacial score (nSPS) is 10.3. The first-order valence-electron chi connectivity index (χ1n) is 4.73. The number of H-pyrrole nitrogens is 1. The number of nitrogens with one attached hydrogen (secondary N) is 2. The molecular formula is C10H11N3O2S. The predicted octanol–water partition coefficient (Wildman–Crippen LogP) is 0.747. The van der Waals surface area contributed by atoms with Crippen molar-refractivity contribution in [1.82, 2.24) is 9.55 Å². The van der Waals surface area contributed by atoms with E-state index < -0.39 is 5.69 Å². The Balaban J connectivity index is 2.17. The van der Waals surface area contributed by atoms with Crippen LogP contribution in [0.3, 0.4) is 0 Å². The van der Waals surface area contributed by atoms with Gasteiger partial charge in [0.2, 0.25) is 0 Å². The molecule has 0 bridgehead atoms. The minimum absolute atomic E-state index is 0.322. The van der Waals surface area contributed by atoms with Crippen LogP contribution in [0.2, 0.25) is 0 Å². The topological polar surface area (TPSA) is 66.9 Å². The molecule has 0 aliphatic carbocycles. The van der Waals surface area contributed by atoms with Crippen molar-refractivity contribution in [2.45, 2.75) is 6.54 Å². The van der Waals surface area contributed by atoms with E-state index >= 15 is 0 Å². The summed E-state index contributed by atoms with van der Waals surface area (Å²) in [7, 11) is 1.43. The maximum atomic E-state index is 11.3. The van der Waals surface area contributed by atoms with E-state index in [4.69, 9.17) is 0 Å². The summed E-state index contributed by atoms with van der Waals surface area (Å²) in [6, 6.07) is 5.31. The van der Waals surface area contributed by atoms with Gasteiger partial charge < -0.3 is 5.32 Å². The number of hydrogen-bond donors (Lipinski definition) is 2. The molecule has 0 aliphatic rings. The highest BCUT2D eigenvalue weighted by Gasteiger charge is 2.00. The number of hydrogen-bond acceptors (Lipinski definition) is 4. The van der Waals surface area contributed by atoms with Gasteiger partial charge in [-0.25, -0.2) is 4.79 Å². The zero-order chi connectivity index (χ0) is 11.5. The first-order valence-corrected chi connectivity index (χ1v) is 5.61. The monoisotopic (exact) mass is 237 g/mol. The minimum atomic E-state index is -0.416. The van der Waals surface area contributed by atoms with Crippen LogP contribution in [-0.2, 0) is 13.6 Å². The Kier molecular flexibility index (Phi) is 2.91. The lowest BCUT2D eigenvalue weighted by molar-refractivity contribution is 0.776. The zero-order valence-corrected chi connectivity index (χ0v) is 9.50. The molecule has 0 radical (unpaired) electrons. The summed E-state index contributed by atoms with van der Waals surface area (Å²) in [5, 5.41) is 4.97. The quantitative estimate of drug-likeness (QED) is 0.827. The molecule has 6 heteroatoms. The average molecular weight is 237 g/mol. The number of anilines is 1. The lowest BCUT2D eigenvalue weighted by atomic mass is 10.4. The molecule has 0 saturated carbocycles. The largest absolute Gasteiger partial charge is 0.366 e. The van der Waals surface area contributed by atoms with Crippen LogP contribution in [-0.4, -0.2) is 9.55 Å². The average Bonchev–Trinajstić information content (AvgIpc) is 2.75. The van der Waals surface area contributed by atoms with E-state index in [0.29, 0.717) is 12.4 Å². The van der Waals surface area contributed by atoms with Gasteiger partial charge in [0.25, 0.3) is 5.56 Å². The molecule has 2 aromatic heterocycles. The molecule has 0 atom stereocenters. The molecule has 16 heavy (non-hydrogen) atoms. The summed E-state index contributed by atoms with van der Waals surface area (Å²) >= 11 is 1.62. The van der Waals surface area contributed by atoms with Crippen molar-refractivity contribution >= 4 is 17.2 Å². The van der Waals surface area contributed by atoms with E-state index in [1.165, 1.54) is 13.1 Å². The van der Waals surface area contributed by atoms with E-state index in [9.17, 15) is 9.59 Å². The fourth-order valence-electron chi connectivity index (χ4n) is 1.25. The Bertz CT molecular complexity index is 552. The van der Waals surface area contributed by atoms with Crippen LogP contribution < -0.4 is 16.6 Å². The highest BCUT2D eigenvalue weighted by Crippen LogP contribution is 2.09. The van der Waals surface area contributed by atoms with Crippen molar-refractivity contribution < 1.29 is 0 Å². The van der Waals surface area contributed by atoms with Crippen LogP contribution in [0.4, 0.5) is 5.82 Å². The van der Waals surface area contributed by atoms with Gasteiger partial charge in [-0.2, -0.15) is 0 Å². The third-order valence-corrected chi connectivity index (χ3v) is 3.05. The number of nitrogens with zero attached hydrogens (tertiary/aromatic N) is 1. The third-order valence-electron chi connectivity index (χ3n) is 2.18. The van der Waals surface area contributed by atoms with Crippen molar-refractivity contribution in [3.63, 3.8) is 0 Å². The molecule has 0 spiro atoms. The number of thiophene rings is 1. The maximum absolute atomic E-state index is 11.3. The number of aromatic amines is 1. The third kappa shape index (κ3) is 2.22. The summed E-state index contributed by atoms with van der Waals surface area (Å²) < 4.78 is 1.02. The van der Waals surface area contributed by atoms with Gasteiger partial charge in [-0.3, -0.25) is 14.3 Å². The molecule has 2 rings (SSSR count). The Morgan fingerprint density at radius 2 is 2.31 bits per heavy atom. The highest BCUT2D eigenvalue weighted by molar-refractivity contribution is 7.09. The van der Waals surface area contributed by atoms with Crippen LogP contribution in [0.15, 0.2) is 33.2 Å². The maximum Gasteiger partial charge on any atom is 0.329 e. The van der Waals surface area contributed by atoms with Gasteiger partial charge in [-0.15, -0.1) is 11.3 Å². The number of aromatic nitrogens is 2. The second kappa shape index (κ2) is 4.36. The fraction of sp³-hybridized carbons (Fsp3) is 0.200. The Hall–Kier alpha value is -1.82. The van der Waals surface area contributed by atoms with Gasteiger partial charge in [-0.05, 0) is 11.4 Å². The molecule has 5 nitrogen and oxygen atoms in total. The summed E-state index contributed by atoms with van der Waals surface area (Å²) in [5.74, 6) is 0.446. The molecule has 0 fully saturated rings. The zero-order valence-electron chi connectivity index (χ0n) is 8.69. The lowest BCUT2D eigenvalue weighted by Crippen LogP contribution is -2.32. The van der Waals surface area contributed by atoms with Gasteiger partial charge in [0.05, 0.1) is 6.54 Å². The molecule has 84 valence electrons.